The molecule has 20 heavy (non-hydrogen) atoms. The minimum Gasteiger partial charge on any atom is -0.496 e. The normalized spacial score (nSPS) is 10.5. The van der Waals surface area contributed by atoms with Crippen molar-refractivity contribution in [3.05, 3.63) is 48.3 Å². The Morgan fingerprint density at radius 1 is 1.15 bits per heavy atom. The third-order valence-corrected chi connectivity index (χ3v) is 2.85. The van der Waals surface area contributed by atoms with Gasteiger partial charge >= 0.3 is 0 Å². The Morgan fingerprint density at radius 2 is 2.00 bits per heavy atom. The zero-order valence-electron chi connectivity index (χ0n) is 10.6. The monoisotopic (exact) mass is 287 g/mol. The van der Waals surface area contributed by atoms with E-state index < -0.39 is 0 Å². The predicted molar refractivity (Wildman–Crippen MR) is 73.9 cm³/mol. The minimum absolute atomic E-state index is 0.115. The molecule has 0 amide bonds. The molecule has 0 spiro atoms. The van der Waals surface area contributed by atoms with Crippen LogP contribution in [0.3, 0.4) is 0 Å². The lowest BCUT2D eigenvalue weighted by Gasteiger charge is -2.08. The zero-order chi connectivity index (χ0) is 13.9. The maximum absolute atomic E-state index is 5.98. The minimum atomic E-state index is 0.115. The Bertz CT molecular complexity index is 729. The van der Waals surface area contributed by atoms with Gasteiger partial charge < -0.3 is 4.74 Å². The van der Waals surface area contributed by atoms with Gasteiger partial charge in [0.1, 0.15) is 12.1 Å². The summed E-state index contributed by atoms with van der Waals surface area (Å²) in [5.74, 6) is 1.53. The largest absolute Gasteiger partial charge is 0.496 e. The third-order valence-electron chi connectivity index (χ3n) is 2.68. The molecule has 7 heteroatoms. The first-order valence-corrected chi connectivity index (χ1v) is 6.19. The molecule has 0 fully saturated rings. The maximum atomic E-state index is 5.98. The fourth-order valence-corrected chi connectivity index (χ4v) is 1.94. The van der Waals surface area contributed by atoms with Gasteiger partial charge in [0.25, 0.3) is 0 Å². The summed E-state index contributed by atoms with van der Waals surface area (Å²) in [6.07, 6.45) is 4.97. The van der Waals surface area contributed by atoms with Gasteiger partial charge in [-0.05, 0) is 23.7 Å². The SMILES string of the molecule is COc1ccccc1-c1nc(Cl)nc(-n2ccnc2)n1. The van der Waals surface area contributed by atoms with Crippen LogP contribution in [-0.4, -0.2) is 31.6 Å². The van der Waals surface area contributed by atoms with E-state index in [0.29, 0.717) is 17.5 Å². The van der Waals surface area contributed by atoms with E-state index in [4.69, 9.17) is 16.3 Å². The van der Waals surface area contributed by atoms with Gasteiger partial charge in [0, 0.05) is 12.4 Å². The smallest absolute Gasteiger partial charge is 0.239 e. The number of methoxy groups -OCH3 is 1. The molecule has 0 saturated carbocycles. The Balaban J connectivity index is 2.15. The van der Waals surface area contributed by atoms with Crippen molar-refractivity contribution in [3.8, 4) is 23.1 Å². The number of hydrogen-bond acceptors (Lipinski definition) is 5. The summed E-state index contributed by atoms with van der Waals surface area (Å²) in [5, 5.41) is 0.115. The molecule has 0 saturated heterocycles. The van der Waals surface area contributed by atoms with E-state index in [-0.39, 0.29) is 5.28 Å². The summed E-state index contributed by atoms with van der Waals surface area (Å²) in [5.41, 5.74) is 0.751. The lowest BCUT2D eigenvalue weighted by atomic mass is 10.2. The first-order chi connectivity index (χ1) is 9.78. The summed E-state index contributed by atoms with van der Waals surface area (Å²) in [4.78, 5) is 16.6. The van der Waals surface area contributed by atoms with Crippen molar-refractivity contribution in [3.63, 3.8) is 0 Å². The molecule has 0 bridgehead atoms. The summed E-state index contributed by atoms with van der Waals surface area (Å²) in [7, 11) is 1.60. The number of aromatic nitrogens is 5. The molecule has 3 rings (SSSR count). The van der Waals surface area contributed by atoms with Crippen molar-refractivity contribution in [2.24, 2.45) is 0 Å². The van der Waals surface area contributed by atoms with Crippen molar-refractivity contribution in [1.29, 1.82) is 0 Å². The van der Waals surface area contributed by atoms with E-state index in [9.17, 15) is 0 Å². The Hall–Kier alpha value is -2.47. The number of rotatable bonds is 3. The number of halogens is 1. The molecule has 0 atom stereocenters. The fourth-order valence-electron chi connectivity index (χ4n) is 1.78. The average molecular weight is 288 g/mol. The van der Waals surface area contributed by atoms with Crippen LogP contribution in [0, 0.1) is 0 Å². The van der Waals surface area contributed by atoms with E-state index in [2.05, 4.69) is 19.9 Å². The van der Waals surface area contributed by atoms with Crippen molar-refractivity contribution in [2.45, 2.75) is 0 Å². The predicted octanol–water partition coefficient (Wildman–Crippen LogP) is 2.39. The second-order valence-electron chi connectivity index (χ2n) is 3.90. The molecular weight excluding hydrogens is 278 g/mol. The van der Waals surface area contributed by atoms with E-state index in [1.807, 2.05) is 24.3 Å². The van der Waals surface area contributed by atoms with Crippen LogP contribution >= 0.6 is 11.6 Å². The van der Waals surface area contributed by atoms with E-state index >= 15 is 0 Å². The second kappa shape index (κ2) is 5.26. The molecule has 0 unspecified atom stereocenters. The lowest BCUT2D eigenvalue weighted by Crippen LogP contribution is -2.03. The van der Waals surface area contributed by atoms with Gasteiger partial charge in [0.2, 0.25) is 11.2 Å². The van der Waals surface area contributed by atoms with Crippen LogP contribution in [0.4, 0.5) is 0 Å². The molecule has 6 nitrogen and oxygen atoms in total. The molecule has 0 N–H and O–H groups in total. The topological polar surface area (TPSA) is 65.7 Å². The summed E-state index contributed by atoms with van der Waals surface area (Å²) in [6, 6.07) is 7.46. The van der Waals surface area contributed by atoms with Crippen LogP contribution in [0.15, 0.2) is 43.0 Å². The van der Waals surface area contributed by atoms with Crippen LogP contribution in [-0.2, 0) is 0 Å². The van der Waals surface area contributed by atoms with Gasteiger partial charge in [0.15, 0.2) is 5.82 Å². The number of hydrogen-bond donors (Lipinski definition) is 0. The van der Waals surface area contributed by atoms with Crippen LogP contribution < -0.4 is 4.74 Å². The number of imidazole rings is 1. The highest BCUT2D eigenvalue weighted by molar-refractivity contribution is 6.28. The molecule has 0 aliphatic carbocycles. The highest BCUT2D eigenvalue weighted by Crippen LogP contribution is 2.27. The molecule has 3 aromatic rings. The summed E-state index contributed by atoms with van der Waals surface area (Å²) >= 11 is 5.98. The Labute approximate surface area is 120 Å². The summed E-state index contributed by atoms with van der Waals surface area (Å²) in [6.45, 7) is 0. The number of nitrogens with zero attached hydrogens (tertiary/aromatic N) is 5. The Morgan fingerprint density at radius 3 is 2.75 bits per heavy atom. The highest BCUT2D eigenvalue weighted by atomic mass is 35.5. The van der Waals surface area contributed by atoms with Gasteiger partial charge in [-0.3, -0.25) is 4.57 Å². The maximum Gasteiger partial charge on any atom is 0.239 e. The van der Waals surface area contributed by atoms with Crippen molar-refractivity contribution < 1.29 is 4.74 Å². The standard InChI is InChI=1S/C13H10ClN5O/c1-20-10-5-3-2-4-9(10)11-16-12(14)18-13(17-11)19-7-6-15-8-19/h2-8H,1H3. The quantitative estimate of drug-likeness (QED) is 0.740. The Kier molecular flexibility index (Phi) is 3.30. The molecule has 2 heterocycles. The molecular formula is C13H10ClN5O. The van der Waals surface area contributed by atoms with E-state index in [1.54, 1.807) is 30.4 Å². The van der Waals surface area contributed by atoms with Crippen molar-refractivity contribution in [2.75, 3.05) is 7.11 Å². The second-order valence-corrected chi connectivity index (χ2v) is 4.24. The lowest BCUT2D eigenvalue weighted by molar-refractivity contribution is 0.416. The van der Waals surface area contributed by atoms with Crippen LogP contribution in [0.2, 0.25) is 5.28 Å². The van der Waals surface area contributed by atoms with Gasteiger partial charge in [-0.25, -0.2) is 4.98 Å². The van der Waals surface area contributed by atoms with Crippen molar-refractivity contribution in [1.82, 2.24) is 24.5 Å². The van der Waals surface area contributed by atoms with E-state index in [0.717, 1.165) is 5.56 Å². The first-order valence-electron chi connectivity index (χ1n) is 5.81. The fraction of sp³-hybridized carbons (Fsp3) is 0.0769. The van der Waals surface area contributed by atoms with Gasteiger partial charge in [-0.15, -0.1) is 0 Å². The first kappa shape index (κ1) is 12.6. The summed E-state index contributed by atoms with van der Waals surface area (Å²) < 4.78 is 6.97. The van der Waals surface area contributed by atoms with Crippen LogP contribution in [0.5, 0.6) is 5.75 Å². The van der Waals surface area contributed by atoms with Crippen molar-refractivity contribution >= 4 is 11.6 Å². The molecule has 2 aromatic heterocycles. The molecule has 0 aliphatic heterocycles. The third kappa shape index (κ3) is 2.33. The van der Waals surface area contributed by atoms with Gasteiger partial charge in [0.05, 0.1) is 12.7 Å². The highest BCUT2D eigenvalue weighted by Gasteiger charge is 2.12. The molecule has 1 aromatic carbocycles. The number of benzene rings is 1. The zero-order valence-corrected chi connectivity index (χ0v) is 11.3. The van der Waals surface area contributed by atoms with E-state index in [1.165, 1.54) is 0 Å². The number of para-hydroxylation sites is 1. The molecule has 0 aliphatic rings. The number of ether oxygens (including phenoxy) is 1. The van der Waals surface area contributed by atoms with Crippen LogP contribution in [0.1, 0.15) is 0 Å². The average Bonchev–Trinajstić information content (AvgIpc) is 3.01. The van der Waals surface area contributed by atoms with Gasteiger partial charge in [-0.1, -0.05) is 12.1 Å². The molecule has 0 radical (unpaired) electrons. The van der Waals surface area contributed by atoms with Crippen LogP contribution in [0.25, 0.3) is 17.3 Å². The molecule has 100 valence electrons. The van der Waals surface area contributed by atoms with Gasteiger partial charge in [-0.2, -0.15) is 15.0 Å².